The van der Waals surface area contributed by atoms with Crippen molar-refractivity contribution in [2.24, 2.45) is 0 Å². The van der Waals surface area contributed by atoms with Gasteiger partial charge in [0, 0.05) is 29.2 Å². The molecule has 0 saturated carbocycles. The quantitative estimate of drug-likeness (QED) is 0.920. The standard InChI is InChI=1S/C15H18ClN3O/c1-10-4-5-12(13(16)6-10)14(17-2)7-11-8-15(20-3)19-9-18-11/h4-6,8-9,14,17H,7H2,1-3H3. The third kappa shape index (κ3) is 3.46. The largest absolute Gasteiger partial charge is 0.481 e. The van der Waals surface area contributed by atoms with Gasteiger partial charge in [0.25, 0.3) is 0 Å². The summed E-state index contributed by atoms with van der Waals surface area (Å²) >= 11 is 6.33. The SMILES string of the molecule is CNC(Cc1cc(OC)ncn1)c1ccc(C)cc1Cl. The van der Waals surface area contributed by atoms with Crippen LogP contribution in [0.15, 0.2) is 30.6 Å². The molecule has 1 heterocycles. The maximum absolute atomic E-state index is 6.33. The number of ether oxygens (including phenoxy) is 1. The van der Waals surface area contributed by atoms with Crippen LogP contribution < -0.4 is 10.1 Å². The number of methoxy groups -OCH3 is 1. The molecular weight excluding hydrogens is 274 g/mol. The molecule has 20 heavy (non-hydrogen) atoms. The van der Waals surface area contributed by atoms with Crippen LogP contribution in [0.25, 0.3) is 0 Å². The lowest BCUT2D eigenvalue weighted by atomic mass is 10.0. The van der Waals surface area contributed by atoms with Gasteiger partial charge in [-0.15, -0.1) is 0 Å². The van der Waals surface area contributed by atoms with Crippen LogP contribution in [0.4, 0.5) is 0 Å². The van der Waals surface area contributed by atoms with Gasteiger partial charge < -0.3 is 10.1 Å². The van der Waals surface area contributed by atoms with E-state index in [0.717, 1.165) is 28.3 Å². The van der Waals surface area contributed by atoms with Crippen molar-refractivity contribution in [1.82, 2.24) is 15.3 Å². The van der Waals surface area contributed by atoms with E-state index in [4.69, 9.17) is 16.3 Å². The highest BCUT2D eigenvalue weighted by Gasteiger charge is 2.15. The van der Waals surface area contributed by atoms with Crippen molar-refractivity contribution in [2.75, 3.05) is 14.2 Å². The van der Waals surface area contributed by atoms with Gasteiger partial charge in [-0.05, 0) is 31.2 Å². The number of nitrogens with one attached hydrogen (secondary N) is 1. The zero-order valence-electron chi connectivity index (χ0n) is 11.9. The fourth-order valence-corrected chi connectivity index (χ4v) is 2.46. The van der Waals surface area contributed by atoms with Crippen molar-refractivity contribution in [3.05, 3.63) is 52.4 Å². The van der Waals surface area contributed by atoms with E-state index >= 15 is 0 Å². The van der Waals surface area contributed by atoms with Gasteiger partial charge in [0.05, 0.1) is 7.11 Å². The van der Waals surface area contributed by atoms with Crippen LogP contribution in [-0.2, 0) is 6.42 Å². The summed E-state index contributed by atoms with van der Waals surface area (Å²) in [7, 11) is 3.51. The summed E-state index contributed by atoms with van der Waals surface area (Å²) in [5, 5.41) is 4.05. The van der Waals surface area contributed by atoms with Crippen molar-refractivity contribution in [2.45, 2.75) is 19.4 Å². The summed E-state index contributed by atoms with van der Waals surface area (Å²) in [6.07, 6.45) is 2.23. The van der Waals surface area contributed by atoms with Gasteiger partial charge in [-0.1, -0.05) is 23.7 Å². The van der Waals surface area contributed by atoms with Gasteiger partial charge in [-0.3, -0.25) is 0 Å². The minimum absolute atomic E-state index is 0.0997. The van der Waals surface area contributed by atoms with Gasteiger partial charge in [0.1, 0.15) is 6.33 Å². The molecule has 1 aromatic heterocycles. The fourth-order valence-electron chi connectivity index (χ4n) is 2.09. The van der Waals surface area contributed by atoms with Crippen molar-refractivity contribution in [3.63, 3.8) is 0 Å². The average molecular weight is 292 g/mol. The lowest BCUT2D eigenvalue weighted by Crippen LogP contribution is -2.20. The van der Waals surface area contributed by atoms with E-state index in [0.29, 0.717) is 5.88 Å². The number of hydrogen-bond acceptors (Lipinski definition) is 4. The Balaban J connectivity index is 2.23. The maximum atomic E-state index is 6.33. The number of likely N-dealkylation sites (N-methyl/N-ethyl adjacent to an activating group) is 1. The smallest absolute Gasteiger partial charge is 0.216 e. The molecule has 2 aromatic rings. The maximum Gasteiger partial charge on any atom is 0.216 e. The lowest BCUT2D eigenvalue weighted by molar-refractivity contribution is 0.395. The van der Waals surface area contributed by atoms with Crippen LogP contribution >= 0.6 is 11.6 Å². The molecule has 0 aliphatic heterocycles. The van der Waals surface area contributed by atoms with E-state index in [2.05, 4.69) is 27.4 Å². The number of nitrogens with zero attached hydrogens (tertiary/aromatic N) is 2. The highest BCUT2D eigenvalue weighted by molar-refractivity contribution is 6.31. The Morgan fingerprint density at radius 2 is 2.10 bits per heavy atom. The summed E-state index contributed by atoms with van der Waals surface area (Å²) in [6, 6.07) is 8.03. The van der Waals surface area contributed by atoms with E-state index in [9.17, 15) is 0 Å². The molecule has 106 valence electrons. The van der Waals surface area contributed by atoms with Gasteiger partial charge in [-0.25, -0.2) is 9.97 Å². The molecule has 0 fully saturated rings. The third-order valence-electron chi connectivity index (χ3n) is 3.20. The van der Waals surface area contributed by atoms with Crippen LogP contribution in [0.5, 0.6) is 5.88 Å². The van der Waals surface area contributed by atoms with E-state index in [-0.39, 0.29) is 6.04 Å². The number of halogens is 1. The highest BCUT2D eigenvalue weighted by Crippen LogP contribution is 2.26. The predicted octanol–water partition coefficient (Wildman–Crippen LogP) is 2.95. The summed E-state index contributed by atoms with van der Waals surface area (Å²) < 4.78 is 5.12. The molecule has 2 rings (SSSR count). The Kier molecular flexibility index (Phi) is 4.93. The molecule has 1 atom stereocenters. The Labute approximate surface area is 124 Å². The van der Waals surface area contributed by atoms with Crippen molar-refractivity contribution in [3.8, 4) is 5.88 Å². The van der Waals surface area contributed by atoms with Gasteiger partial charge in [0.15, 0.2) is 0 Å². The molecule has 0 spiro atoms. The second-order valence-electron chi connectivity index (χ2n) is 4.62. The van der Waals surface area contributed by atoms with Gasteiger partial charge in [0.2, 0.25) is 5.88 Å². The molecule has 0 aliphatic carbocycles. The van der Waals surface area contributed by atoms with Crippen LogP contribution in [0.1, 0.15) is 22.9 Å². The van der Waals surface area contributed by atoms with Crippen LogP contribution in [0, 0.1) is 6.92 Å². The molecule has 1 unspecified atom stereocenters. The first-order chi connectivity index (χ1) is 9.63. The van der Waals surface area contributed by atoms with Crippen molar-refractivity contribution in [1.29, 1.82) is 0 Å². The highest BCUT2D eigenvalue weighted by atomic mass is 35.5. The van der Waals surface area contributed by atoms with Gasteiger partial charge in [-0.2, -0.15) is 0 Å². The molecule has 0 aliphatic rings. The minimum Gasteiger partial charge on any atom is -0.481 e. The Morgan fingerprint density at radius 3 is 2.75 bits per heavy atom. The lowest BCUT2D eigenvalue weighted by Gasteiger charge is -2.18. The first-order valence-corrected chi connectivity index (χ1v) is 6.80. The third-order valence-corrected chi connectivity index (χ3v) is 3.53. The van der Waals surface area contributed by atoms with Crippen LogP contribution in [0.3, 0.4) is 0 Å². The summed E-state index contributed by atoms with van der Waals surface area (Å²) in [6.45, 7) is 2.03. The zero-order valence-corrected chi connectivity index (χ0v) is 12.6. The average Bonchev–Trinajstić information content (AvgIpc) is 2.45. The Hall–Kier alpha value is -1.65. The molecule has 0 saturated heterocycles. The fraction of sp³-hybridized carbons (Fsp3) is 0.333. The summed E-state index contributed by atoms with van der Waals surface area (Å²) in [5.41, 5.74) is 3.13. The van der Waals surface area contributed by atoms with Crippen molar-refractivity contribution < 1.29 is 4.74 Å². The number of aryl methyl sites for hydroxylation is 1. The number of benzene rings is 1. The molecule has 0 amide bonds. The number of aromatic nitrogens is 2. The molecular formula is C15H18ClN3O. The predicted molar refractivity (Wildman–Crippen MR) is 80.3 cm³/mol. The second kappa shape index (κ2) is 6.68. The van der Waals surface area contributed by atoms with Crippen LogP contribution in [0.2, 0.25) is 5.02 Å². The van der Waals surface area contributed by atoms with E-state index in [1.54, 1.807) is 7.11 Å². The zero-order chi connectivity index (χ0) is 14.5. The molecule has 1 N–H and O–H groups in total. The van der Waals surface area contributed by atoms with Crippen molar-refractivity contribution >= 4 is 11.6 Å². The summed E-state index contributed by atoms with van der Waals surface area (Å²) in [5.74, 6) is 0.569. The van der Waals surface area contributed by atoms with E-state index < -0.39 is 0 Å². The first kappa shape index (κ1) is 14.8. The minimum atomic E-state index is 0.0997. The molecule has 1 aromatic carbocycles. The second-order valence-corrected chi connectivity index (χ2v) is 5.03. The van der Waals surface area contributed by atoms with Gasteiger partial charge >= 0.3 is 0 Å². The molecule has 0 radical (unpaired) electrons. The molecule has 5 heteroatoms. The van der Waals surface area contributed by atoms with Crippen LogP contribution in [-0.4, -0.2) is 24.1 Å². The number of rotatable bonds is 5. The number of hydrogen-bond donors (Lipinski definition) is 1. The molecule has 4 nitrogen and oxygen atoms in total. The topological polar surface area (TPSA) is 47.0 Å². The Morgan fingerprint density at radius 1 is 1.30 bits per heavy atom. The summed E-state index contributed by atoms with van der Waals surface area (Å²) in [4.78, 5) is 8.29. The first-order valence-electron chi connectivity index (χ1n) is 6.42. The molecule has 0 bridgehead atoms. The Bertz CT molecular complexity index is 589. The van der Waals surface area contributed by atoms with E-state index in [1.807, 2.05) is 26.1 Å². The normalized spacial score (nSPS) is 12.2. The van der Waals surface area contributed by atoms with E-state index in [1.165, 1.54) is 6.33 Å². The monoisotopic (exact) mass is 291 g/mol.